The van der Waals surface area contributed by atoms with E-state index in [1.54, 1.807) is 0 Å². The topological polar surface area (TPSA) is 21.3 Å². The molecule has 0 aromatic rings. The lowest BCUT2D eigenvalue weighted by Gasteiger charge is -2.19. The molecule has 2 atom stereocenters. The summed E-state index contributed by atoms with van der Waals surface area (Å²) in [6.07, 6.45) is 6.88. The van der Waals surface area contributed by atoms with E-state index in [4.69, 9.17) is 4.74 Å². The van der Waals surface area contributed by atoms with Gasteiger partial charge in [0.25, 0.3) is 0 Å². The Labute approximate surface area is 89.4 Å². The molecule has 0 fully saturated rings. The Kier molecular flexibility index (Phi) is 9.42. The van der Waals surface area contributed by atoms with E-state index in [9.17, 15) is 0 Å². The standard InChI is InChI=1S/C12H27NO/c1-5-6-7-8-9-10-14-12(3)11(2)13-4/h11-13H,5-10H2,1-4H3. The van der Waals surface area contributed by atoms with Gasteiger partial charge in [0.05, 0.1) is 6.10 Å². The van der Waals surface area contributed by atoms with E-state index in [1.807, 2.05) is 7.05 Å². The van der Waals surface area contributed by atoms with Gasteiger partial charge in [-0.3, -0.25) is 0 Å². The van der Waals surface area contributed by atoms with Gasteiger partial charge in [0.1, 0.15) is 0 Å². The maximum Gasteiger partial charge on any atom is 0.0697 e. The monoisotopic (exact) mass is 201 g/mol. The van der Waals surface area contributed by atoms with Crippen LogP contribution in [0.25, 0.3) is 0 Å². The van der Waals surface area contributed by atoms with E-state index in [0.29, 0.717) is 12.1 Å². The highest BCUT2D eigenvalue weighted by Gasteiger charge is 2.08. The van der Waals surface area contributed by atoms with E-state index in [-0.39, 0.29) is 0 Å². The van der Waals surface area contributed by atoms with Crippen LogP contribution < -0.4 is 5.32 Å². The Balaban J connectivity index is 3.18. The predicted octanol–water partition coefficient (Wildman–Crippen LogP) is 2.97. The van der Waals surface area contributed by atoms with Crippen molar-refractivity contribution in [2.45, 2.75) is 65.0 Å². The molecular weight excluding hydrogens is 174 g/mol. The first-order chi connectivity index (χ1) is 6.72. The fourth-order valence-corrected chi connectivity index (χ4v) is 1.35. The molecule has 0 radical (unpaired) electrons. The van der Waals surface area contributed by atoms with E-state index in [0.717, 1.165) is 6.61 Å². The van der Waals surface area contributed by atoms with Crippen molar-refractivity contribution in [1.82, 2.24) is 5.32 Å². The van der Waals surface area contributed by atoms with Gasteiger partial charge in [-0.1, -0.05) is 32.6 Å². The smallest absolute Gasteiger partial charge is 0.0697 e. The molecule has 0 heterocycles. The molecule has 0 aliphatic carbocycles. The number of rotatable bonds is 9. The first-order valence-electron chi connectivity index (χ1n) is 6.01. The lowest BCUT2D eigenvalue weighted by Crippen LogP contribution is -2.34. The molecule has 86 valence electrons. The molecular formula is C12H27NO. The van der Waals surface area contributed by atoms with Gasteiger partial charge in [0, 0.05) is 12.6 Å². The number of likely N-dealkylation sites (N-methyl/N-ethyl adjacent to an activating group) is 1. The molecule has 2 heteroatoms. The molecule has 0 aromatic heterocycles. The van der Waals surface area contributed by atoms with E-state index >= 15 is 0 Å². The zero-order valence-electron chi connectivity index (χ0n) is 10.3. The van der Waals surface area contributed by atoms with E-state index in [2.05, 4.69) is 26.1 Å². The molecule has 1 N–H and O–H groups in total. The Morgan fingerprint density at radius 3 is 2.29 bits per heavy atom. The Morgan fingerprint density at radius 2 is 1.71 bits per heavy atom. The summed E-state index contributed by atoms with van der Waals surface area (Å²) >= 11 is 0. The molecule has 14 heavy (non-hydrogen) atoms. The van der Waals surface area contributed by atoms with Crippen LogP contribution in [0.2, 0.25) is 0 Å². The minimum atomic E-state index is 0.325. The Morgan fingerprint density at radius 1 is 1.07 bits per heavy atom. The van der Waals surface area contributed by atoms with Crippen LogP contribution in [0, 0.1) is 0 Å². The van der Waals surface area contributed by atoms with Gasteiger partial charge < -0.3 is 10.1 Å². The number of unbranched alkanes of at least 4 members (excludes halogenated alkanes) is 4. The number of ether oxygens (including phenoxy) is 1. The zero-order chi connectivity index (χ0) is 10.8. The highest BCUT2D eigenvalue weighted by molar-refractivity contribution is 4.65. The predicted molar refractivity (Wildman–Crippen MR) is 62.7 cm³/mol. The molecule has 0 rings (SSSR count). The van der Waals surface area contributed by atoms with Crippen molar-refractivity contribution in [3.8, 4) is 0 Å². The van der Waals surface area contributed by atoms with Crippen molar-refractivity contribution in [3.63, 3.8) is 0 Å². The van der Waals surface area contributed by atoms with Crippen LogP contribution >= 0.6 is 0 Å². The van der Waals surface area contributed by atoms with Crippen molar-refractivity contribution in [1.29, 1.82) is 0 Å². The summed E-state index contributed by atoms with van der Waals surface area (Å²) in [4.78, 5) is 0. The second kappa shape index (κ2) is 9.47. The molecule has 0 amide bonds. The molecule has 0 saturated heterocycles. The van der Waals surface area contributed by atoms with Gasteiger partial charge in [-0.25, -0.2) is 0 Å². The maximum absolute atomic E-state index is 5.71. The van der Waals surface area contributed by atoms with Crippen LogP contribution in [0.1, 0.15) is 52.9 Å². The molecule has 0 aliphatic heterocycles. The van der Waals surface area contributed by atoms with Crippen molar-refractivity contribution < 1.29 is 4.74 Å². The van der Waals surface area contributed by atoms with Gasteiger partial charge >= 0.3 is 0 Å². The largest absolute Gasteiger partial charge is 0.377 e. The zero-order valence-corrected chi connectivity index (χ0v) is 10.3. The third-order valence-corrected chi connectivity index (χ3v) is 2.79. The number of nitrogens with one attached hydrogen (secondary N) is 1. The molecule has 0 aromatic carbocycles. The summed E-state index contributed by atoms with van der Waals surface area (Å²) in [6, 6.07) is 0.450. The molecule has 0 spiro atoms. The Bertz CT molecular complexity index is 117. The van der Waals surface area contributed by atoms with Gasteiger partial charge in [-0.2, -0.15) is 0 Å². The normalized spacial score (nSPS) is 15.4. The van der Waals surface area contributed by atoms with E-state index < -0.39 is 0 Å². The third-order valence-electron chi connectivity index (χ3n) is 2.79. The van der Waals surface area contributed by atoms with Gasteiger partial charge in [-0.05, 0) is 27.3 Å². The van der Waals surface area contributed by atoms with Crippen molar-refractivity contribution in [3.05, 3.63) is 0 Å². The van der Waals surface area contributed by atoms with Crippen LogP contribution in [0.15, 0.2) is 0 Å². The molecule has 0 saturated carbocycles. The lowest BCUT2D eigenvalue weighted by molar-refractivity contribution is 0.0427. The second-order valence-electron chi connectivity index (χ2n) is 4.07. The summed E-state index contributed by atoms with van der Waals surface area (Å²) in [5.41, 5.74) is 0. The van der Waals surface area contributed by atoms with E-state index in [1.165, 1.54) is 32.1 Å². The number of hydrogen-bond acceptors (Lipinski definition) is 2. The first kappa shape index (κ1) is 13.9. The summed E-state index contributed by atoms with van der Waals surface area (Å²) in [5.74, 6) is 0. The fourth-order valence-electron chi connectivity index (χ4n) is 1.35. The summed E-state index contributed by atoms with van der Waals surface area (Å²) in [7, 11) is 1.98. The summed E-state index contributed by atoms with van der Waals surface area (Å²) in [5, 5.41) is 3.20. The average Bonchev–Trinajstić information content (AvgIpc) is 2.21. The fraction of sp³-hybridized carbons (Fsp3) is 1.00. The molecule has 0 bridgehead atoms. The van der Waals surface area contributed by atoms with Gasteiger partial charge in [0.15, 0.2) is 0 Å². The maximum atomic E-state index is 5.71. The minimum Gasteiger partial charge on any atom is -0.377 e. The highest BCUT2D eigenvalue weighted by Crippen LogP contribution is 2.04. The molecule has 0 aliphatic rings. The van der Waals surface area contributed by atoms with Crippen LogP contribution in [-0.2, 0) is 4.74 Å². The van der Waals surface area contributed by atoms with Crippen molar-refractivity contribution >= 4 is 0 Å². The highest BCUT2D eigenvalue weighted by atomic mass is 16.5. The first-order valence-corrected chi connectivity index (χ1v) is 6.01. The minimum absolute atomic E-state index is 0.325. The van der Waals surface area contributed by atoms with Crippen molar-refractivity contribution in [2.75, 3.05) is 13.7 Å². The Hall–Kier alpha value is -0.0800. The average molecular weight is 201 g/mol. The van der Waals surface area contributed by atoms with Gasteiger partial charge in [0.2, 0.25) is 0 Å². The second-order valence-corrected chi connectivity index (χ2v) is 4.07. The quantitative estimate of drug-likeness (QED) is 0.579. The SMILES string of the molecule is CCCCCCCOC(C)C(C)NC. The number of hydrogen-bond donors (Lipinski definition) is 1. The van der Waals surface area contributed by atoms with Crippen molar-refractivity contribution in [2.24, 2.45) is 0 Å². The lowest BCUT2D eigenvalue weighted by atomic mass is 10.1. The van der Waals surface area contributed by atoms with Crippen LogP contribution in [0.4, 0.5) is 0 Å². The van der Waals surface area contributed by atoms with Crippen LogP contribution in [0.5, 0.6) is 0 Å². The summed E-state index contributed by atoms with van der Waals surface area (Å²) in [6.45, 7) is 7.44. The van der Waals surface area contributed by atoms with Crippen LogP contribution in [0.3, 0.4) is 0 Å². The molecule has 2 unspecified atom stereocenters. The van der Waals surface area contributed by atoms with Crippen LogP contribution in [-0.4, -0.2) is 25.8 Å². The van der Waals surface area contributed by atoms with Gasteiger partial charge in [-0.15, -0.1) is 0 Å². The summed E-state index contributed by atoms with van der Waals surface area (Å²) < 4.78 is 5.71. The third kappa shape index (κ3) is 7.34. The molecule has 2 nitrogen and oxygen atoms in total.